The van der Waals surface area contributed by atoms with E-state index in [2.05, 4.69) is 15.3 Å². The van der Waals surface area contributed by atoms with Gasteiger partial charge in [-0.1, -0.05) is 18.2 Å². The number of thioether (sulfide) groups is 1. The van der Waals surface area contributed by atoms with E-state index >= 15 is 0 Å². The molecule has 9 heteroatoms. The van der Waals surface area contributed by atoms with Gasteiger partial charge in [0.05, 0.1) is 5.92 Å². The number of hydrogen-bond acceptors (Lipinski definition) is 5. The molecule has 1 aromatic rings. The van der Waals surface area contributed by atoms with Crippen LogP contribution in [-0.2, 0) is 11.0 Å². The molecule has 1 aromatic heterocycles. The Bertz CT molecular complexity index is 538. The van der Waals surface area contributed by atoms with Crippen LogP contribution in [0.4, 0.5) is 19.0 Å². The SMILES string of the molecule is CSc1ncc(C(F)(F)F)c(N[C@H]2CCC[C@@H]2C(N)=O)n1. The average Bonchev–Trinajstić information content (AvgIpc) is 2.85. The van der Waals surface area contributed by atoms with Crippen molar-refractivity contribution >= 4 is 23.5 Å². The van der Waals surface area contributed by atoms with Crippen molar-refractivity contribution in [3.05, 3.63) is 11.8 Å². The monoisotopic (exact) mass is 320 g/mol. The predicted molar refractivity (Wildman–Crippen MR) is 72.8 cm³/mol. The first-order chi connectivity index (χ1) is 9.82. The molecule has 1 fully saturated rings. The minimum atomic E-state index is -4.56. The first-order valence-electron chi connectivity index (χ1n) is 6.37. The van der Waals surface area contributed by atoms with Gasteiger partial charge in [-0.15, -0.1) is 0 Å². The number of carbonyl (C=O) groups is 1. The van der Waals surface area contributed by atoms with E-state index in [-0.39, 0.29) is 11.0 Å². The molecule has 1 amide bonds. The summed E-state index contributed by atoms with van der Waals surface area (Å²) in [7, 11) is 0. The maximum absolute atomic E-state index is 13.0. The summed E-state index contributed by atoms with van der Waals surface area (Å²) in [5.41, 5.74) is 4.35. The van der Waals surface area contributed by atoms with E-state index in [1.54, 1.807) is 6.26 Å². The Hall–Kier alpha value is -1.51. The van der Waals surface area contributed by atoms with Gasteiger partial charge < -0.3 is 11.1 Å². The summed E-state index contributed by atoms with van der Waals surface area (Å²) in [6, 6.07) is -0.423. The van der Waals surface area contributed by atoms with Crippen molar-refractivity contribution in [3.8, 4) is 0 Å². The lowest BCUT2D eigenvalue weighted by atomic mass is 10.0. The molecule has 0 aromatic carbocycles. The fraction of sp³-hybridized carbons (Fsp3) is 0.583. The molecule has 0 aliphatic heterocycles. The highest BCUT2D eigenvalue weighted by atomic mass is 32.2. The molecular formula is C12H15F3N4OS. The van der Waals surface area contributed by atoms with Gasteiger partial charge >= 0.3 is 6.18 Å². The third kappa shape index (κ3) is 3.58. The fourth-order valence-electron chi connectivity index (χ4n) is 2.43. The molecule has 1 heterocycles. The first-order valence-corrected chi connectivity index (χ1v) is 7.59. The average molecular weight is 320 g/mol. The molecule has 1 aliphatic carbocycles. The Morgan fingerprint density at radius 3 is 2.76 bits per heavy atom. The number of nitrogens with zero attached hydrogens (tertiary/aromatic N) is 2. The smallest absolute Gasteiger partial charge is 0.369 e. The maximum atomic E-state index is 13.0. The zero-order valence-corrected chi connectivity index (χ0v) is 12.1. The van der Waals surface area contributed by atoms with Crippen LogP contribution in [0.3, 0.4) is 0 Å². The Labute approximate surface area is 123 Å². The van der Waals surface area contributed by atoms with Gasteiger partial charge in [-0.25, -0.2) is 9.97 Å². The summed E-state index contributed by atoms with van der Waals surface area (Å²) in [4.78, 5) is 18.9. The number of alkyl halides is 3. The van der Waals surface area contributed by atoms with E-state index in [0.717, 1.165) is 24.4 Å². The van der Waals surface area contributed by atoms with Crippen LogP contribution in [0, 0.1) is 5.92 Å². The highest BCUT2D eigenvalue weighted by Crippen LogP contribution is 2.36. The van der Waals surface area contributed by atoms with Crippen LogP contribution in [0.5, 0.6) is 0 Å². The van der Waals surface area contributed by atoms with Gasteiger partial charge in [-0.05, 0) is 19.1 Å². The minimum absolute atomic E-state index is 0.235. The van der Waals surface area contributed by atoms with Gasteiger partial charge in [0.1, 0.15) is 11.4 Å². The predicted octanol–water partition coefficient (Wildman–Crippen LogP) is 2.28. The summed E-state index contributed by atoms with van der Waals surface area (Å²) >= 11 is 1.15. The molecule has 3 N–H and O–H groups in total. The third-order valence-corrected chi connectivity index (χ3v) is 4.02. The number of nitrogens with two attached hydrogens (primary N) is 1. The molecule has 1 aliphatic rings. The topological polar surface area (TPSA) is 80.9 Å². The molecule has 0 spiro atoms. The number of hydrogen-bond donors (Lipinski definition) is 2. The van der Waals surface area contributed by atoms with Crippen LogP contribution in [0.2, 0.25) is 0 Å². The van der Waals surface area contributed by atoms with Crippen molar-refractivity contribution in [3.63, 3.8) is 0 Å². The van der Waals surface area contributed by atoms with Gasteiger partial charge in [0.25, 0.3) is 0 Å². The molecule has 21 heavy (non-hydrogen) atoms. The number of amides is 1. The van der Waals surface area contributed by atoms with Crippen LogP contribution >= 0.6 is 11.8 Å². The van der Waals surface area contributed by atoms with Gasteiger partial charge in [-0.2, -0.15) is 13.2 Å². The van der Waals surface area contributed by atoms with Gasteiger partial charge in [0.2, 0.25) is 5.91 Å². The summed E-state index contributed by atoms with van der Waals surface area (Å²) in [6.07, 6.45) is -0.213. The molecular weight excluding hydrogens is 305 g/mol. The van der Waals surface area contributed by atoms with Crippen LogP contribution in [0.15, 0.2) is 11.4 Å². The largest absolute Gasteiger partial charge is 0.421 e. The van der Waals surface area contributed by atoms with Crippen molar-refractivity contribution in [1.82, 2.24) is 9.97 Å². The summed E-state index contributed by atoms with van der Waals surface area (Å²) in [6.45, 7) is 0. The zero-order valence-electron chi connectivity index (χ0n) is 11.3. The quantitative estimate of drug-likeness (QED) is 0.657. The lowest BCUT2D eigenvalue weighted by molar-refractivity contribution is -0.137. The van der Waals surface area contributed by atoms with Crippen LogP contribution < -0.4 is 11.1 Å². The Balaban J connectivity index is 2.31. The highest BCUT2D eigenvalue weighted by Gasteiger charge is 2.38. The van der Waals surface area contributed by atoms with E-state index in [9.17, 15) is 18.0 Å². The molecule has 2 atom stereocenters. The zero-order chi connectivity index (χ0) is 15.6. The lowest BCUT2D eigenvalue weighted by Crippen LogP contribution is -2.35. The second-order valence-electron chi connectivity index (χ2n) is 4.81. The normalized spacial score (nSPS) is 22.3. The Morgan fingerprint density at radius 2 is 2.19 bits per heavy atom. The van der Waals surface area contributed by atoms with Gasteiger partial charge in [0, 0.05) is 12.2 Å². The number of halogens is 3. The lowest BCUT2D eigenvalue weighted by Gasteiger charge is -2.21. The van der Waals surface area contributed by atoms with Crippen molar-refractivity contribution in [2.75, 3.05) is 11.6 Å². The first kappa shape index (κ1) is 15.9. The second kappa shape index (κ2) is 6.08. The Kier molecular flexibility index (Phi) is 4.60. The molecule has 1 saturated carbocycles. The third-order valence-electron chi connectivity index (χ3n) is 3.46. The standard InChI is InChI=1S/C12H15F3N4OS/c1-21-11-17-5-7(12(13,14)15)10(19-11)18-8-4-2-3-6(8)9(16)20/h5-6,8H,2-4H2,1H3,(H2,16,20)(H,17,18,19)/t6-,8-/m0/s1. The number of rotatable bonds is 4. The molecule has 0 saturated heterocycles. The molecule has 2 rings (SSSR count). The summed E-state index contributed by atoms with van der Waals surface area (Å²) < 4.78 is 39.0. The van der Waals surface area contributed by atoms with E-state index < -0.39 is 29.6 Å². The fourth-order valence-corrected chi connectivity index (χ4v) is 2.77. The van der Waals surface area contributed by atoms with E-state index in [4.69, 9.17) is 5.73 Å². The summed E-state index contributed by atoms with van der Waals surface area (Å²) in [5, 5.41) is 2.97. The molecule has 0 radical (unpaired) electrons. The summed E-state index contributed by atoms with van der Waals surface area (Å²) in [5.74, 6) is -1.27. The maximum Gasteiger partial charge on any atom is 0.421 e. The van der Waals surface area contributed by atoms with E-state index in [0.29, 0.717) is 12.8 Å². The van der Waals surface area contributed by atoms with Gasteiger partial charge in [0.15, 0.2) is 5.16 Å². The minimum Gasteiger partial charge on any atom is -0.369 e. The molecule has 116 valence electrons. The van der Waals surface area contributed by atoms with Crippen LogP contribution in [0.25, 0.3) is 0 Å². The molecule has 0 bridgehead atoms. The van der Waals surface area contributed by atoms with Crippen molar-refractivity contribution < 1.29 is 18.0 Å². The number of aromatic nitrogens is 2. The van der Waals surface area contributed by atoms with Crippen molar-refractivity contribution in [1.29, 1.82) is 0 Å². The van der Waals surface area contributed by atoms with E-state index in [1.165, 1.54) is 0 Å². The second-order valence-corrected chi connectivity index (χ2v) is 5.58. The number of anilines is 1. The number of primary amides is 1. The van der Waals surface area contributed by atoms with E-state index in [1.807, 2.05) is 0 Å². The number of carbonyl (C=O) groups excluding carboxylic acids is 1. The molecule has 0 unspecified atom stereocenters. The number of nitrogens with one attached hydrogen (secondary N) is 1. The van der Waals surface area contributed by atoms with Crippen molar-refractivity contribution in [2.45, 2.75) is 36.6 Å². The van der Waals surface area contributed by atoms with Gasteiger partial charge in [-0.3, -0.25) is 4.79 Å². The van der Waals surface area contributed by atoms with Crippen LogP contribution in [0.1, 0.15) is 24.8 Å². The van der Waals surface area contributed by atoms with Crippen molar-refractivity contribution in [2.24, 2.45) is 11.7 Å². The molecule has 5 nitrogen and oxygen atoms in total. The van der Waals surface area contributed by atoms with Crippen LogP contribution in [-0.4, -0.2) is 28.2 Å². The Morgan fingerprint density at radius 1 is 1.48 bits per heavy atom. The highest BCUT2D eigenvalue weighted by molar-refractivity contribution is 7.98.